The Morgan fingerprint density at radius 1 is 0.944 bits per heavy atom. The third-order valence-corrected chi connectivity index (χ3v) is 2.26. The highest BCUT2D eigenvalue weighted by Gasteiger charge is 2.23. The Labute approximate surface area is 99.8 Å². The van der Waals surface area contributed by atoms with Crippen molar-refractivity contribution in [2.24, 2.45) is 0 Å². The van der Waals surface area contributed by atoms with Crippen LogP contribution in [0, 0.1) is 30.5 Å². The summed E-state index contributed by atoms with van der Waals surface area (Å²) in [5.41, 5.74) is 0.564. The minimum Gasteiger partial charge on any atom is -0.451 e. The van der Waals surface area contributed by atoms with Gasteiger partial charge in [0, 0.05) is 0 Å². The standard InChI is InChI=1S/C12H7F4NO/c1-6-4-2-3-5-7(6)18-10-8(13)11(15)17-12(16)9(10)14/h2-5H,1H3. The molecule has 1 heterocycles. The van der Waals surface area contributed by atoms with Gasteiger partial charge in [0.15, 0.2) is 0 Å². The third kappa shape index (κ3) is 2.13. The lowest BCUT2D eigenvalue weighted by molar-refractivity contribution is 0.342. The molecule has 0 aliphatic heterocycles. The van der Waals surface area contributed by atoms with Gasteiger partial charge in [-0.05, 0) is 18.6 Å². The van der Waals surface area contributed by atoms with E-state index >= 15 is 0 Å². The van der Waals surface area contributed by atoms with E-state index in [1.807, 2.05) is 0 Å². The van der Waals surface area contributed by atoms with Crippen LogP contribution in [-0.2, 0) is 0 Å². The molecule has 0 bridgehead atoms. The summed E-state index contributed by atoms with van der Waals surface area (Å²) in [6.45, 7) is 1.62. The van der Waals surface area contributed by atoms with Crippen molar-refractivity contribution >= 4 is 0 Å². The molecular weight excluding hydrogens is 250 g/mol. The van der Waals surface area contributed by atoms with Gasteiger partial charge in [0.2, 0.25) is 17.4 Å². The summed E-state index contributed by atoms with van der Waals surface area (Å²) >= 11 is 0. The SMILES string of the molecule is Cc1ccccc1Oc1c(F)c(F)nc(F)c1F. The van der Waals surface area contributed by atoms with Crippen LogP contribution < -0.4 is 4.74 Å². The van der Waals surface area contributed by atoms with Crippen LogP contribution in [0.3, 0.4) is 0 Å². The first-order valence-electron chi connectivity index (χ1n) is 4.94. The van der Waals surface area contributed by atoms with Crippen molar-refractivity contribution in [3.63, 3.8) is 0 Å². The van der Waals surface area contributed by atoms with Crippen molar-refractivity contribution in [2.75, 3.05) is 0 Å². The molecule has 0 saturated carbocycles. The van der Waals surface area contributed by atoms with Gasteiger partial charge in [-0.25, -0.2) is 0 Å². The summed E-state index contributed by atoms with van der Waals surface area (Å²) in [7, 11) is 0. The Kier molecular flexibility index (Phi) is 3.18. The highest BCUT2D eigenvalue weighted by Crippen LogP contribution is 2.30. The fourth-order valence-electron chi connectivity index (χ4n) is 1.34. The van der Waals surface area contributed by atoms with E-state index in [0.717, 1.165) is 0 Å². The van der Waals surface area contributed by atoms with E-state index in [4.69, 9.17) is 4.74 Å². The lowest BCUT2D eigenvalue weighted by Crippen LogP contribution is -2.03. The molecule has 0 saturated heterocycles. The molecule has 18 heavy (non-hydrogen) atoms. The van der Waals surface area contributed by atoms with Crippen LogP contribution in [-0.4, -0.2) is 4.98 Å². The fourth-order valence-corrected chi connectivity index (χ4v) is 1.34. The maximum Gasteiger partial charge on any atom is 0.255 e. The number of hydrogen-bond acceptors (Lipinski definition) is 2. The maximum atomic E-state index is 13.3. The normalized spacial score (nSPS) is 10.5. The number of benzene rings is 1. The first-order valence-corrected chi connectivity index (χ1v) is 4.94. The van der Waals surface area contributed by atoms with Crippen molar-refractivity contribution in [1.82, 2.24) is 4.98 Å². The monoisotopic (exact) mass is 257 g/mol. The van der Waals surface area contributed by atoms with Crippen LogP contribution in [0.2, 0.25) is 0 Å². The number of pyridine rings is 1. The Morgan fingerprint density at radius 2 is 1.50 bits per heavy atom. The predicted octanol–water partition coefficient (Wildman–Crippen LogP) is 3.74. The van der Waals surface area contributed by atoms with Gasteiger partial charge >= 0.3 is 0 Å². The molecule has 0 radical (unpaired) electrons. The first kappa shape index (κ1) is 12.3. The number of aromatic nitrogens is 1. The smallest absolute Gasteiger partial charge is 0.255 e. The molecule has 2 aromatic rings. The van der Waals surface area contributed by atoms with Crippen LogP contribution in [0.4, 0.5) is 17.6 Å². The van der Waals surface area contributed by atoms with Crippen molar-refractivity contribution in [2.45, 2.75) is 6.92 Å². The molecule has 0 N–H and O–H groups in total. The summed E-state index contributed by atoms with van der Waals surface area (Å²) in [6.07, 6.45) is 0. The number of para-hydroxylation sites is 1. The molecule has 1 aromatic heterocycles. The lowest BCUT2D eigenvalue weighted by Gasteiger charge is -2.10. The van der Waals surface area contributed by atoms with Gasteiger partial charge in [0.05, 0.1) is 0 Å². The first-order chi connectivity index (χ1) is 8.50. The maximum absolute atomic E-state index is 13.3. The molecule has 0 atom stereocenters. The van der Waals surface area contributed by atoms with Crippen LogP contribution in [0.25, 0.3) is 0 Å². The highest BCUT2D eigenvalue weighted by atomic mass is 19.2. The quantitative estimate of drug-likeness (QED) is 0.604. The van der Waals surface area contributed by atoms with E-state index < -0.39 is 29.3 Å². The van der Waals surface area contributed by atoms with Crippen LogP contribution in [0.15, 0.2) is 24.3 Å². The molecule has 0 spiro atoms. The second-order valence-corrected chi connectivity index (χ2v) is 3.52. The van der Waals surface area contributed by atoms with Gasteiger partial charge in [-0.2, -0.15) is 22.5 Å². The van der Waals surface area contributed by atoms with E-state index in [1.165, 1.54) is 6.07 Å². The Balaban J connectivity index is 2.50. The van der Waals surface area contributed by atoms with Gasteiger partial charge in [-0.1, -0.05) is 18.2 Å². The van der Waals surface area contributed by atoms with Gasteiger partial charge in [0.25, 0.3) is 11.9 Å². The molecule has 1 aromatic carbocycles. The number of rotatable bonds is 2. The van der Waals surface area contributed by atoms with Crippen LogP contribution in [0.1, 0.15) is 5.56 Å². The van der Waals surface area contributed by atoms with E-state index in [2.05, 4.69) is 4.98 Å². The fraction of sp³-hybridized carbons (Fsp3) is 0.0833. The zero-order chi connectivity index (χ0) is 13.3. The van der Waals surface area contributed by atoms with E-state index in [9.17, 15) is 17.6 Å². The molecule has 0 aliphatic carbocycles. The molecule has 0 amide bonds. The number of ether oxygens (including phenoxy) is 1. The van der Waals surface area contributed by atoms with Crippen molar-refractivity contribution in [3.8, 4) is 11.5 Å². The highest BCUT2D eigenvalue weighted by molar-refractivity contribution is 5.37. The summed E-state index contributed by atoms with van der Waals surface area (Å²) in [6, 6.07) is 6.29. The zero-order valence-electron chi connectivity index (χ0n) is 9.18. The zero-order valence-corrected chi connectivity index (χ0v) is 9.18. The molecule has 0 fully saturated rings. The molecule has 94 valence electrons. The summed E-state index contributed by atoms with van der Waals surface area (Å²) in [5, 5.41) is 0. The molecule has 0 unspecified atom stereocenters. The van der Waals surface area contributed by atoms with E-state index in [-0.39, 0.29) is 5.75 Å². The second kappa shape index (κ2) is 4.64. The topological polar surface area (TPSA) is 22.1 Å². The number of aryl methyl sites for hydroxylation is 1. The Hall–Kier alpha value is -2.11. The Morgan fingerprint density at radius 3 is 2.06 bits per heavy atom. The Bertz CT molecular complexity index is 575. The molecular formula is C12H7F4NO. The predicted molar refractivity (Wildman–Crippen MR) is 55.3 cm³/mol. The summed E-state index contributed by atoms with van der Waals surface area (Å²) < 4.78 is 57.1. The lowest BCUT2D eigenvalue weighted by atomic mass is 10.2. The van der Waals surface area contributed by atoms with Crippen LogP contribution in [0.5, 0.6) is 11.5 Å². The van der Waals surface area contributed by atoms with Crippen molar-refractivity contribution in [1.29, 1.82) is 0 Å². The third-order valence-electron chi connectivity index (χ3n) is 2.26. The second-order valence-electron chi connectivity index (χ2n) is 3.52. The van der Waals surface area contributed by atoms with Gasteiger partial charge in [0.1, 0.15) is 5.75 Å². The minimum absolute atomic E-state index is 0.0975. The van der Waals surface area contributed by atoms with Crippen LogP contribution >= 0.6 is 0 Å². The van der Waals surface area contributed by atoms with Crippen molar-refractivity contribution in [3.05, 3.63) is 53.4 Å². The van der Waals surface area contributed by atoms with Gasteiger partial charge in [-0.15, -0.1) is 0 Å². The average molecular weight is 257 g/mol. The van der Waals surface area contributed by atoms with Crippen molar-refractivity contribution < 1.29 is 22.3 Å². The summed E-state index contributed by atoms with van der Waals surface area (Å²) in [5.74, 6) is -7.89. The van der Waals surface area contributed by atoms with Gasteiger partial charge in [-0.3, -0.25) is 0 Å². The molecule has 2 nitrogen and oxygen atoms in total. The minimum atomic E-state index is -1.75. The molecule has 2 rings (SSSR count). The van der Waals surface area contributed by atoms with E-state index in [1.54, 1.807) is 25.1 Å². The number of nitrogens with zero attached hydrogens (tertiary/aromatic N) is 1. The van der Waals surface area contributed by atoms with Gasteiger partial charge < -0.3 is 4.74 Å². The molecule has 0 aliphatic rings. The largest absolute Gasteiger partial charge is 0.451 e. The number of hydrogen-bond donors (Lipinski definition) is 0. The van der Waals surface area contributed by atoms with E-state index in [0.29, 0.717) is 5.56 Å². The summed E-state index contributed by atoms with van der Waals surface area (Å²) in [4.78, 5) is 2.43. The average Bonchev–Trinajstić information content (AvgIpc) is 2.34. The number of halogens is 4. The molecule has 6 heteroatoms.